The molecular formula is C19H21ClN6O2. The SMILES string of the molecule is C[C@@H](Nc1nnc(-c2n[nH]c3cccc(Cl)c23)o1)C(=O)N1CCC2(CC1)CC2. The zero-order chi connectivity index (χ0) is 19.3. The summed E-state index contributed by atoms with van der Waals surface area (Å²) in [6.07, 6.45) is 4.87. The molecule has 0 unspecified atom stereocenters. The van der Waals surface area contributed by atoms with Crippen LogP contribution in [0.5, 0.6) is 0 Å². The first kappa shape index (κ1) is 17.5. The summed E-state index contributed by atoms with van der Waals surface area (Å²) in [6.45, 7) is 3.48. The third-order valence-electron chi connectivity index (χ3n) is 5.97. The first-order valence-electron chi connectivity index (χ1n) is 9.56. The van der Waals surface area contributed by atoms with E-state index in [0.717, 1.165) is 36.8 Å². The number of H-pyrrole nitrogens is 1. The van der Waals surface area contributed by atoms with E-state index in [4.69, 9.17) is 16.0 Å². The number of anilines is 1. The number of fused-ring (bicyclic) bond motifs is 1. The number of halogens is 1. The Morgan fingerprint density at radius 2 is 2.07 bits per heavy atom. The van der Waals surface area contributed by atoms with Crippen LogP contribution < -0.4 is 5.32 Å². The molecule has 1 saturated heterocycles. The van der Waals surface area contributed by atoms with E-state index in [-0.39, 0.29) is 17.8 Å². The fourth-order valence-corrected chi connectivity index (χ4v) is 4.23. The van der Waals surface area contributed by atoms with Crippen LogP contribution >= 0.6 is 11.6 Å². The van der Waals surface area contributed by atoms with Crippen molar-refractivity contribution in [3.8, 4) is 11.6 Å². The van der Waals surface area contributed by atoms with Gasteiger partial charge in [-0.15, -0.1) is 5.10 Å². The van der Waals surface area contributed by atoms with Crippen molar-refractivity contribution in [1.82, 2.24) is 25.3 Å². The predicted octanol–water partition coefficient (Wildman–Crippen LogP) is 3.47. The number of aromatic nitrogens is 4. The van der Waals surface area contributed by atoms with Gasteiger partial charge in [0.1, 0.15) is 6.04 Å². The Morgan fingerprint density at radius 1 is 1.29 bits per heavy atom. The second-order valence-electron chi connectivity index (χ2n) is 7.84. The molecule has 1 amide bonds. The van der Waals surface area contributed by atoms with Gasteiger partial charge in [-0.3, -0.25) is 9.89 Å². The Hall–Kier alpha value is -2.61. The number of hydrogen-bond donors (Lipinski definition) is 2. The number of hydrogen-bond acceptors (Lipinski definition) is 6. The van der Waals surface area contributed by atoms with Crippen LogP contribution in [0.4, 0.5) is 6.01 Å². The van der Waals surface area contributed by atoms with Gasteiger partial charge in [-0.1, -0.05) is 22.8 Å². The van der Waals surface area contributed by atoms with Gasteiger partial charge in [0.2, 0.25) is 5.91 Å². The summed E-state index contributed by atoms with van der Waals surface area (Å²) in [5, 5.41) is 19.5. The fraction of sp³-hybridized carbons (Fsp3) is 0.474. The average molecular weight is 401 g/mol. The minimum atomic E-state index is -0.443. The first-order valence-corrected chi connectivity index (χ1v) is 9.94. The monoisotopic (exact) mass is 400 g/mol. The molecule has 1 atom stereocenters. The highest BCUT2D eigenvalue weighted by molar-refractivity contribution is 6.36. The fourth-order valence-electron chi connectivity index (χ4n) is 3.96. The zero-order valence-electron chi connectivity index (χ0n) is 15.5. The number of aromatic amines is 1. The maximum absolute atomic E-state index is 12.7. The number of carbonyl (C=O) groups excluding carboxylic acids is 1. The van der Waals surface area contributed by atoms with Crippen LogP contribution in [0.15, 0.2) is 22.6 Å². The molecule has 1 saturated carbocycles. The zero-order valence-corrected chi connectivity index (χ0v) is 16.3. The van der Waals surface area contributed by atoms with Crippen molar-refractivity contribution >= 4 is 34.4 Å². The van der Waals surface area contributed by atoms with Crippen molar-refractivity contribution in [2.45, 2.75) is 38.6 Å². The summed E-state index contributed by atoms with van der Waals surface area (Å²) < 4.78 is 5.70. The quantitative estimate of drug-likeness (QED) is 0.695. The number of rotatable bonds is 4. The molecule has 1 aliphatic heterocycles. The summed E-state index contributed by atoms with van der Waals surface area (Å²) in [5.74, 6) is 0.304. The van der Waals surface area contributed by atoms with E-state index in [0.29, 0.717) is 16.1 Å². The lowest BCUT2D eigenvalue weighted by atomic mass is 9.93. The predicted molar refractivity (Wildman–Crippen MR) is 105 cm³/mol. The number of nitrogens with zero attached hydrogens (tertiary/aromatic N) is 4. The van der Waals surface area contributed by atoms with Crippen molar-refractivity contribution in [2.75, 3.05) is 18.4 Å². The van der Waals surface area contributed by atoms with E-state index in [1.807, 2.05) is 24.0 Å². The third-order valence-corrected chi connectivity index (χ3v) is 6.28. The second-order valence-corrected chi connectivity index (χ2v) is 8.25. The molecule has 8 nitrogen and oxygen atoms in total. The first-order chi connectivity index (χ1) is 13.5. The van der Waals surface area contributed by atoms with Crippen molar-refractivity contribution in [3.63, 3.8) is 0 Å². The molecule has 1 aliphatic carbocycles. The minimum Gasteiger partial charge on any atom is -0.402 e. The van der Waals surface area contributed by atoms with Gasteiger partial charge in [0, 0.05) is 13.1 Å². The topological polar surface area (TPSA) is 99.9 Å². The average Bonchev–Trinajstić information content (AvgIpc) is 3.10. The molecule has 2 fully saturated rings. The van der Waals surface area contributed by atoms with Crippen molar-refractivity contribution < 1.29 is 9.21 Å². The van der Waals surface area contributed by atoms with Gasteiger partial charge < -0.3 is 14.6 Å². The van der Waals surface area contributed by atoms with Crippen LogP contribution in [-0.4, -0.2) is 50.3 Å². The Morgan fingerprint density at radius 3 is 2.82 bits per heavy atom. The van der Waals surface area contributed by atoms with Crippen LogP contribution in [0.25, 0.3) is 22.5 Å². The molecule has 9 heteroatoms. The Bertz CT molecular complexity index is 1030. The highest BCUT2D eigenvalue weighted by Gasteiger charge is 2.45. The van der Waals surface area contributed by atoms with Crippen molar-refractivity contribution in [2.24, 2.45) is 5.41 Å². The van der Waals surface area contributed by atoms with Crippen LogP contribution in [0.3, 0.4) is 0 Å². The molecule has 146 valence electrons. The number of nitrogens with one attached hydrogen (secondary N) is 2. The lowest BCUT2D eigenvalue weighted by Crippen LogP contribution is -2.45. The smallest absolute Gasteiger partial charge is 0.316 e. The standard InChI is InChI=1S/C19H21ClN6O2/c1-11(17(27)26-9-7-19(5-6-19)8-10-26)21-18-25-24-16(28-18)15-14-12(20)3-2-4-13(14)22-23-15/h2-4,11H,5-10H2,1H3,(H,21,25)(H,22,23)/t11-/m1/s1. The molecule has 1 spiro atoms. The molecule has 0 radical (unpaired) electrons. The normalized spacial score (nSPS) is 19.1. The lowest BCUT2D eigenvalue weighted by molar-refractivity contribution is -0.133. The Balaban J connectivity index is 1.29. The van der Waals surface area contributed by atoms with E-state index in [1.165, 1.54) is 12.8 Å². The summed E-state index contributed by atoms with van der Waals surface area (Å²) in [6, 6.07) is 5.24. The van der Waals surface area contributed by atoms with Gasteiger partial charge >= 0.3 is 6.01 Å². The number of benzene rings is 1. The molecule has 2 aliphatic rings. The molecule has 1 aromatic carbocycles. The second kappa shape index (κ2) is 6.48. The number of piperidine rings is 1. The summed E-state index contributed by atoms with van der Waals surface area (Å²) in [5.41, 5.74) is 1.82. The molecule has 28 heavy (non-hydrogen) atoms. The van der Waals surface area contributed by atoms with E-state index in [1.54, 1.807) is 6.07 Å². The van der Waals surface area contributed by atoms with Gasteiger partial charge in [-0.05, 0) is 50.2 Å². The van der Waals surface area contributed by atoms with Crippen molar-refractivity contribution in [1.29, 1.82) is 0 Å². The number of carbonyl (C=O) groups is 1. The summed E-state index contributed by atoms with van der Waals surface area (Å²) in [4.78, 5) is 14.7. The van der Waals surface area contributed by atoms with Crippen LogP contribution in [0.2, 0.25) is 5.02 Å². The maximum Gasteiger partial charge on any atom is 0.316 e. The van der Waals surface area contributed by atoms with E-state index < -0.39 is 6.04 Å². The van der Waals surface area contributed by atoms with Gasteiger partial charge in [-0.25, -0.2) is 0 Å². The molecule has 2 aromatic heterocycles. The maximum atomic E-state index is 12.7. The van der Waals surface area contributed by atoms with Crippen LogP contribution in [-0.2, 0) is 4.79 Å². The van der Waals surface area contributed by atoms with E-state index in [9.17, 15) is 4.79 Å². The highest BCUT2D eigenvalue weighted by atomic mass is 35.5. The largest absolute Gasteiger partial charge is 0.402 e. The summed E-state index contributed by atoms with van der Waals surface area (Å²) >= 11 is 6.28. The molecule has 2 N–H and O–H groups in total. The Kier molecular flexibility index (Phi) is 4.04. The molecule has 0 bridgehead atoms. The number of amides is 1. The van der Waals surface area contributed by atoms with Gasteiger partial charge in [0.25, 0.3) is 5.89 Å². The van der Waals surface area contributed by atoms with Gasteiger partial charge in [0.15, 0.2) is 5.69 Å². The summed E-state index contributed by atoms with van der Waals surface area (Å²) in [7, 11) is 0. The molecule has 5 rings (SSSR count). The van der Waals surface area contributed by atoms with Crippen LogP contribution in [0.1, 0.15) is 32.6 Å². The van der Waals surface area contributed by atoms with Crippen LogP contribution in [0, 0.1) is 5.41 Å². The molecule has 3 heterocycles. The van der Waals surface area contributed by atoms with Crippen molar-refractivity contribution in [3.05, 3.63) is 23.2 Å². The minimum absolute atomic E-state index is 0.0588. The lowest BCUT2D eigenvalue weighted by Gasteiger charge is -2.33. The Labute approximate surface area is 166 Å². The van der Waals surface area contributed by atoms with Gasteiger partial charge in [-0.2, -0.15) is 5.10 Å². The number of likely N-dealkylation sites (tertiary alicyclic amines) is 1. The van der Waals surface area contributed by atoms with Gasteiger partial charge in [0.05, 0.1) is 15.9 Å². The van der Waals surface area contributed by atoms with E-state index >= 15 is 0 Å². The molecular weight excluding hydrogens is 380 g/mol. The third kappa shape index (κ3) is 3.01. The highest BCUT2D eigenvalue weighted by Crippen LogP contribution is 2.53. The molecule has 3 aromatic rings. The van der Waals surface area contributed by atoms with E-state index in [2.05, 4.69) is 25.7 Å².